The van der Waals surface area contributed by atoms with Gasteiger partial charge >= 0.3 is 6.09 Å². The second-order valence-electron chi connectivity index (χ2n) is 13.1. The number of hydrogen-bond acceptors (Lipinski definition) is 7. The normalized spacial score (nSPS) is 16.8. The van der Waals surface area contributed by atoms with Crippen LogP contribution in [-0.2, 0) is 27.8 Å². The molecule has 0 amide bonds. The van der Waals surface area contributed by atoms with Crippen LogP contribution in [-0.4, -0.2) is 81.5 Å². The van der Waals surface area contributed by atoms with Crippen molar-refractivity contribution in [2.75, 3.05) is 37.6 Å². The van der Waals surface area contributed by atoms with Gasteiger partial charge in [-0.05, 0) is 70.1 Å². The fourth-order valence-corrected chi connectivity index (χ4v) is 8.19. The lowest BCUT2D eigenvalue weighted by molar-refractivity contribution is 0.0543. The zero-order valence-electron chi connectivity index (χ0n) is 26.3. The van der Waals surface area contributed by atoms with Gasteiger partial charge in [0.1, 0.15) is 17.7 Å². The van der Waals surface area contributed by atoms with Gasteiger partial charge in [0.15, 0.2) is 5.65 Å². The Kier molecular flexibility index (Phi) is 8.69. The van der Waals surface area contributed by atoms with Crippen molar-refractivity contribution < 1.29 is 17.9 Å². The van der Waals surface area contributed by atoms with E-state index in [4.69, 9.17) is 4.74 Å². The molecule has 10 nitrogen and oxygen atoms in total. The Balaban J connectivity index is 1.20. The Bertz CT molecular complexity index is 1730. The van der Waals surface area contributed by atoms with Crippen molar-refractivity contribution in [3.8, 4) is 0 Å². The van der Waals surface area contributed by atoms with E-state index in [-0.39, 0.29) is 0 Å². The van der Waals surface area contributed by atoms with E-state index in [1.54, 1.807) is 14.8 Å². The summed E-state index contributed by atoms with van der Waals surface area (Å²) < 4.78 is 39.2. The van der Waals surface area contributed by atoms with Gasteiger partial charge in [0, 0.05) is 38.9 Å². The molecule has 1 spiro atoms. The second kappa shape index (κ2) is 12.5. The van der Waals surface area contributed by atoms with Crippen LogP contribution < -0.4 is 4.90 Å². The minimum absolute atomic E-state index is 0.362. The van der Waals surface area contributed by atoms with Crippen molar-refractivity contribution in [1.29, 1.82) is 0 Å². The lowest BCUT2D eigenvalue weighted by Gasteiger charge is -2.43. The fraction of sp³-hybridized carbons (Fsp3) is 0.441. The highest BCUT2D eigenvalue weighted by molar-refractivity contribution is 7.86. The maximum atomic E-state index is 14.4. The molecule has 2 aromatic carbocycles. The van der Waals surface area contributed by atoms with E-state index in [0.717, 1.165) is 36.6 Å². The molecule has 6 rings (SSSR count). The molecule has 0 atom stereocenters. The molecule has 0 N–H and O–H groups in total. The number of rotatable bonds is 10. The quantitative estimate of drug-likeness (QED) is 0.235. The number of carbonyl (C=O) groups excluding carboxylic acids is 1. The standard InChI is InChI=1S/C34H42N6O4S/c1-33(2,3)44-32(41)39-22-17-29-30(35-26-36-31(29)39)37-23-24-40(34(25-37)18-19-34)45(42,43)38(21-16-28-13-8-5-9-14-28)20-10-15-27-11-6-4-7-12-27/h4-9,11-14,17,22,26H,10,15-16,18-21,23-25H2,1-3H3. The molecule has 1 saturated carbocycles. The third-order valence-electron chi connectivity index (χ3n) is 8.58. The van der Waals surface area contributed by atoms with E-state index in [1.165, 1.54) is 16.5 Å². The first-order chi connectivity index (χ1) is 21.6. The summed E-state index contributed by atoms with van der Waals surface area (Å²) >= 11 is 0. The highest BCUT2D eigenvalue weighted by Crippen LogP contribution is 2.47. The van der Waals surface area contributed by atoms with Gasteiger partial charge in [-0.25, -0.2) is 19.3 Å². The minimum atomic E-state index is -3.72. The topological polar surface area (TPSA) is 101 Å². The molecule has 1 aliphatic heterocycles. The Morgan fingerprint density at radius 1 is 0.911 bits per heavy atom. The summed E-state index contributed by atoms with van der Waals surface area (Å²) in [6.45, 7) is 7.76. The van der Waals surface area contributed by atoms with E-state index in [1.807, 2.05) is 63.2 Å². The van der Waals surface area contributed by atoms with E-state index < -0.39 is 27.4 Å². The van der Waals surface area contributed by atoms with Gasteiger partial charge in [-0.3, -0.25) is 0 Å². The molecule has 0 unspecified atom stereocenters. The zero-order valence-corrected chi connectivity index (χ0v) is 27.1. The SMILES string of the molecule is CC(C)(C)OC(=O)n1ccc2c(N3CCN(S(=O)(=O)N(CCCc4ccccc4)CCc4ccccc4)C4(CC4)C3)ncnc21. The van der Waals surface area contributed by atoms with Crippen LogP contribution in [0.5, 0.6) is 0 Å². The van der Waals surface area contributed by atoms with Gasteiger partial charge in [-0.1, -0.05) is 60.7 Å². The predicted octanol–water partition coefficient (Wildman–Crippen LogP) is 5.29. The Morgan fingerprint density at radius 3 is 2.22 bits per heavy atom. The molecule has 1 saturated heterocycles. The number of fused-ring (bicyclic) bond motifs is 1. The number of piperazine rings is 1. The average Bonchev–Trinajstić information content (AvgIpc) is 3.62. The smallest absolute Gasteiger partial charge is 0.420 e. The van der Waals surface area contributed by atoms with Crippen molar-refractivity contribution >= 4 is 33.2 Å². The number of aromatic nitrogens is 3. The first-order valence-corrected chi connectivity index (χ1v) is 17.1. The molecule has 2 fully saturated rings. The van der Waals surface area contributed by atoms with Gasteiger partial charge in [0.2, 0.25) is 0 Å². The van der Waals surface area contributed by atoms with Crippen LogP contribution in [0, 0.1) is 0 Å². The summed E-state index contributed by atoms with van der Waals surface area (Å²) in [5.74, 6) is 0.703. The predicted molar refractivity (Wildman–Crippen MR) is 175 cm³/mol. The number of benzene rings is 2. The molecule has 2 aromatic heterocycles. The molecular weight excluding hydrogens is 588 g/mol. The number of hydrogen-bond donors (Lipinski definition) is 0. The number of nitrogens with zero attached hydrogens (tertiary/aromatic N) is 6. The molecule has 11 heteroatoms. The van der Waals surface area contributed by atoms with Crippen LogP contribution in [0.3, 0.4) is 0 Å². The molecule has 3 heterocycles. The Morgan fingerprint density at radius 2 is 1.58 bits per heavy atom. The van der Waals surface area contributed by atoms with E-state index in [2.05, 4.69) is 39.1 Å². The van der Waals surface area contributed by atoms with Crippen LogP contribution in [0.2, 0.25) is 0 Å². The number of ether oxygens (including phenoxy) is 1. The summed E-state index contributed by atoms with van der Waals surface area (Å²) in [5, 5.41) is 0.737. The van der Waals surface area contributed by atoms with Crippen molar-refractivity contribution in [1.82, 2.24) is 23.1 Å². The number of anilines is 1. The number of aryl methyl sites for hydroxylation is 1. The van der Waals surface area contributed by atoms with E-state index in [0.29, 0.717) is 50.6 Å². The van der Waals surface area contributed by atoms with Crippen molar-refractivity contribution in [3.63, 3.8) is 0 Å². The molecular formula is C34H42N6O4S. The molecule has 0 bridgehead atoms. The first kappa shape index (κ1) is 31.2. The van der Waals surface area contributed by atoms with Crippen molar-refractivity contribution in [2.24, 2.45) is 0 Å². The van der Waals surface area contributed by atoms with Crippen LogP contribution in [0.4, 0.5) is 10.6 Å². The maximum absolute atomic E-state index is 14.4. The fourth-order valence-electron chi connectivity index (χ4n) is 6.19. The highest BCUT2D eigenvalue weighted by Gasteiger charge is 2.57. The van der Waals surface area contributed by atoms with Crippen LogP contribution in [0.15, 0.2) is 79.3 Å². The second-order valence-corrected chi connectivity index (χ2v) is 14.9. The highest BCUT2D eigenvalue weighted by atomic mass is 32.2. The van der Waals surface area contributed by atoms with Gasteiger partial charge in [0.25, 0.3) is 10.2 Å². The van der Waals surface area contributed by atoms with Gasteiger partial charge in [-0.15, -0.1) is 0 Å². The monoisotopic (exact) mass is 630 g/mol. The van der Waals surface area contributed by atoms with Crippen LogP contribution in [0.25, 0.3) is 11.0 Å². The van der Waals surface area contributed by atoms with Crippen LogP contribution >= 0.6 is 0 Å². The van der Waals surface area contributed by atoms with Gasteiger partial charge < -0.3 is 9.64 Å². The van der Waals surface area contributed by atoms with Crippen molar-refractivity contribution in [3.05, 3.63) is 90.4 Å². The van der Waals surface area contributed by atoms with Crippen molar-refractivity contribution in [2.45, 2.75) is 64.0 Å². The molecule has 4 aromatic rings. The summed E-state index contributed by atoms with van der Waals surface area (Å²) in [6.07, 6.45) is 6.44. The minimum Gasteiger partial charge on any atom is -0.443 e. The largest absolute Gasteiger partial charge is 0.443 e. The molecule has 0 radical (unpaired) electrons. The molecule has 45 heavy (non-hydrogen) atoms. The third-order valence-corrected chi connectivity index (χ3v) is 10.7. The Labute approximate surface area is 265 Å². The zero-order chi connectivity index (χ0) is 31.7. The lowest BCUT2D eigenvalue weighted by Crippen LogP contribution is -2.60. The summed E-state index contributed by atoms with van der Waals surface area (Å²) in [4.78, 5) is 24.0. The number of carbonyl (C=O) groups is 1. The lowest BCUT2D eigenvalue weighted by atomic mass is 10.1. The average molecular weight is 631 g/mol. The van der Waals surface area contributed by atoms with Crippen LogP contribution in [0.1, 0.15) is 51.2 Å². The first-order valence-electron chi connectivity index (χ1n) is 15.7. The van der Waals surface area contributed by atoms with Gasteiger partial charge in [-0.2, -0.15) is 17.0 Å². The van der Waals surface area contributed by atoms with E-state index in [9.17, 15) is 13.2 Å². The summed E-state index contributed by atoms with van der Waals surface area (Å²) in [6, 6.07) is 22.1. The maximum Gasteiger partial charge on any atom is 0.420 e. The van der Waals surface area contributed by atoms with E-state index >= 15 is 0 Å². The molecule has 2 aliphatic rings. The Hall–Kier alpha value is -3.80. The summed E-state index contributed by atoms with van der Waals surface area (Å²) in [7, 11) is -3.72. The third kappa shape index (κ3) is 6.90. The summed E-state index contributed by atoms with van der Waals surface area (Å²) in [5.41, 5.74) is 1.69. The van der Waals surface area contributed by atoms with Gasteiger partial charge in [0.05, 0.1) is 10.9 Å². The molecule has 238 valence electrons. The molecule has 1 aliphatic carbocycles.